The van der Waals surface area contributed by atoms with E-state index in [1.807, 2.05) is 6.92 Å². The van der Waals surface area contributed by atoms with Crippen LogP contribution in [-0.4, -0.2) is 16.7 Å². The second-order valence-corrected chi connectivity index (χ2v) is 3.19. The first-order valence-corrected chi connectivity index (χ1v) is 4.13. The third-order valence-corrected chi connectivity index (χ3v) is 1.87. The summed E-state index contributed by atoms with van der Waals surface area (Å²) in [5.74, 6) is 0.462. The van der Waals surface area contributed by atoms with Crippen LogP contribution in [0.5, 0.6) is 0 Å². The number of carboxylic acid groups (broad SMARTS) is 1. The molecule has 1 amide bonds. The standard InChI is InChI=1S/C7H14ClNO2/c1-3-5(2)4-6(8)9-7(10)11/h5-6,9H,3-4H2,1-2H3,(H,10,11). The maximum Gasteiger partial charge on any atom is 0.405 e. The quantitative estimate of drug-likeness (QED) is 0.514. The summed E-state index contributed by atoms with van der Waals surface area (Å²) in [6.45, 7) is 4.09. The summed E-state index contributed by atoms with van der Waals surface area (Å²) in [7, 11) is 0. The van der Waals surface area contributed by atoms with E-state index in [-0.39, 0.29) is 0 Å². The van der Waals surface area contributed by atoms with Crippen LogP contribution in [0, 0.1) is 5.92 Å². The Hall–Kier alpha value is -0.440. The fourth-order valence-electron chi connectivity index (χ4n) is 0.713. The van der Waals surface area contributed by atoms with E-state index in [0.29, 0.717) is 12.3 Å². The Kier molecular flexibility index (Phi) is 5.03. The van der Waals surface area contributed by atoms with Crippen molar-refractivity contribution in [2.24, 2.45) is 5.92 Å². The molecule has 0 heterocycles. The molecule has 0 aromatic carbocycles. The van der Waals surface area contributed by atoms with Crippen LogP contribution in [0.3, 0.4) is 0 Å². The van der Waals surface area contributed by atoms with Crippen molar-refractivity contribution in [3.63, 3.8) is 0 Å². The highest BCUT2D eigenvalue weighted by Gasteiger charge is 2.10. The topological polar surface area (TPSA) is 49.3 Å². The zero-order valence-electron chi connectivity index (χ0n) is 6.80. The number of carbonyl (C=O) groups is 1. The predicted molar refractivity (Wildman–Crippen MR) is 44.9 cm³/mol. The van der Waals surface area contributed by atoms with Crippen molar-refractivity contribution in [2.75, 3.05) is 0 Å². The van der Waals surface area contributed by atoms with E-state index in [1.165, 1.54) is 0 Å². The summed E-state index contributed by atoms with van der Waals surface area (Å²) in [6, 6.07) is 0. The molecule has 0 aliphatic heterocycles. The zero-order chi connectivity index (χ0) is 8.85. The van der Waals surface area contributed by atoms with Gasteiger partial charge >= 0.3 is 6.09 Å². The van der Waals surface area contributed by atoms with E-state index in [4.69, 9.17) is 16.7 Å². The van der Waals surface area contributed by atoms with E-state index in [1.54, 1.807) is 0 Å². The second kappa shape index (κ2) is 5.24. The van der Waals surface area contributed by atoms with Gasteiger partial charge in [0.05, 0.1) is 0 Å². The number of hydrogen-bond donors (Lipinski definition) is 2. The molecule has 0 bridgehead atoms. The number of halogens is 1. The number of alkyl halides is 1. The predicted octanol–water partition coefficient (Wildman–Crippen LogP) is 2.26. The SMILES string of the molecule is CCC(C)CC(Cl)NC(=O)O. The van der Waals surface area contributed by atoms with Gasteiger partial charge in [-0.3, -0.25) is 0 Å². The first-order valence-electron chi connectivity index (χ1n) is 3.69. The first-order chi connectivity index (χ1) is 5.06. The van der Waals surface area contributed by atoms with Gasteiger partial charge in [-0.25, -0.2) is 4.79 Å². The van der Waals surface area contributed by atoms with Crippen molar-refractivity contribution in [1.29, 1.82) is 0 Å². The second-order valence-electron chi connectivity index (χ2n) is 2.67. The molecule has 0 aliphatic rings. The lowest BCUT2D eigenvalue weighted by molar-refractivity contribution is 0.192. The normalized spacial score (nSPS) is 15.5. The van der Waals surface area contributed by atoms with Crippen molar-refractivity contribution in [1.82, 2.24) is 5.32 Å². The summed E-state index contributed by atoms with van der Waals surface area (Å²) in [5, 5.41) is 10.5. The van der Waals surface area contributed by atoms with Crippen LogP contribution in [0.4, 0.5) is 4.79 Å². The summed E-state index contributed by atoms with van der Waals surface area (Å²) < 4.78 is 0. The van der Waals surface area contributed by atoms with Crippen LogP contribution in [0.25, 0.3) is 0 Å². The molecule has 2 N–H and O–H groups in total. The highest BCUT2D eigenvalue weighted by Crippen LogP contribution is 2.11. The first kappa shape index (κ1) is 10.6. The van der Waals surface area contributed by atoms with Crippen molar-refractivity contribution >= 4 is 17.7 Å². The summed E-state index contributed by atoms with van der Waals surface area (Å²) in [6.07, 6.45) is 0.641. The molecule has 0 saturated carbocycles. The molecule has 0 spiro atoms. The van der Waals surface area contributed by atoms with Gasteiger partial charge in [0.2, 0.25) is 0 Å². The Labute approximate surface area is 71.7 Å². The summed E-state index contributed by atoms with van der Waals surface area (Å²) >= 11 is 5.66. The monoisotopic (exact) mass is 179 g/mol. The number of hydrogen-bond acceptors (Lipinski definition) is 1. The van der Waals surface area contributed by atoms with Crippen molar-refractivity contribution in [3.05, 3.63) is 0 Å². The Balaban J connectivity index is 3.51. The van der Waals surface area contributed by atoms with Crippen molar-refractivity contribution in [3.8, 4) is 0 Å². The van der Waals surface area contributed by atoms with Crippen LogP contribution in [0.2, 0.25) is 0 Å². The third-order valence-electron chi connectivity index (χ3n) is 1.59. The summed E-state index contributed by atoms with van der Waals surface area (Å²) in [5.41, 5.74) is -0.456. The van der Waals surface area contributed by atoms with Gasteiger partial charge in [-0.1, -0.05) is 31.9 Å². The molecule has 2 unspecified atom stereocenters. The van der Waals surface area contributed by atoms with Crippen LogP contribution >= 0.6 is 11.6 Å². The minimum atomic E-state index is -1.06. The number of nitrogens with one attached hydrogen (secondary N) is 1. The fraction of sp³-hybridized carbons (Fsp3) is 0.857. The Morgan fingerprint density at radius 2 is 2.27 bits per heavy atom. The molecule has 66 valence electrons. The molecule has 0 aliphatic carbocycles. The van der Waals surface area contributed by atoms with Gasteiger partial charge in [-0.05, 0) is 12.3 Å². The smallest absolute Gasteiger partial charge is 0.405 e. The van der Waals surface area contributed by atoms with Gasteiger partial charge < -0.3 is 10.4 Å². The largest absolute Gasteiger partial charge is 0.465 e. The zero-order valence-corrected chi connectivity index (χ0v) is 7.56. The van der Waals surface area contributed by atoms with Crippen LogP contribution in [-0.2, 0) is 0 Å². The molecule has 11 heavy (non-hydrogen) atoms. The van der Waals surface area contributed by atoms with Gasteiger partial charge in [0.25, 0.3) is 0 Å². The average molecular weight is 180 g/mol. The highest BCUT2D eigenvalue weighted by atomic mass is 35.5. The molecular weight excluding hydrogens is 166 g/mol. The van der Waals surface area contributed by atoms with Gasteiger partial charge in [-0.15, -0.1) is 0 Å². The lowest BCUT2D eigenvalue weighted by Gasteiger charge is -2.13. The van der Waals surface area contributed by atoms with Gasteiger partial charge in [-0.2, -0.15) is 0 Å². The number of amides is 1. The van der Waals surface area contributed by atoms with E-state index >= 15 is 0 Å². The average Bonchev–Trinajstić information content (AvgIpc) is 1.85. The van der Waals surface area contributed by atoms with E-state index < -0.39 is 11.6 Å². The lowest BCUT2D eigenvalue weighted by Crippen LogP contribution is -2.30. The van der Waals surface area contributed by atoms with Gasteiger partial charge in [0, 0.05) is 0 Å². The molecule has 4 heteroatoms. The minimum Gasteiger partial charge on any atom is -0.465 e. The minimum absolute atomic E-state index is 0.456. The van der Waals surface area contributed by atoms with Gasteiger partial charge in [0.1, 0.15) is 5.50 Å². The molecule has 0 aromatic rings. The van der Waals surface area contributed by atoms with Gasteiger partial charge in [0.15, 0.2) is 0 Å². The van der Waals surface area contributed by atoms with E-state index in [2.05, 4.69) is 12.2 Å². The van der Waals surface area contributed by atoms with Crippen LogP contribution in [0.1, 0.15) is 26.7 Å². The lowest BCUT2D eigenvalue weighted by atomic mass is 10.1. The summed E-state index contributed by atoms with van der Waals surface area (Å²) in [4.78, 5) is 10.1. The molecule has 0 aromatic heterocycles. The third kappa shape index (κ3) is 5.98. The Morgan fingerprint density at radius 3 is 2.64 bits per heavy atom. The number of rotatable bonds is 4. The highest BCUT2D eigenvalue weighted by molar-refractivity contribution is 6.21. The Bertz CT molecular complexity index is 130. The molecule has 3 nitrogen and oxygen atoms in total. The van der Waals surface area contributed by atoms with Crippen molar-refractivity contribution < 1.29 is 9.90 Å². The van der Waals surface area contributed by atoms with Crippen LogP contribution < -0.4 is 5.32 Å². The molecular formula is C7H14ClNO2. The maximum atomic E-state index is 10.1. The van der Waals surface area contributed by atoms with Crippen LogP contribution in [0.15, 0.2) is 0 Å². The van der Waals surface area contributed by atoms with Crippen molar-refractivity contribution in [2.45, 2.75) is 32.2 Å². The molecule has 0 fully saturated rings. The maximum absolute atomic E-state index is 10.1. The molecule has 2 atom stereocenters. The molecule has 0 radical (unpaired) electrons. The molecule has 0 rings (SSSR count). The Morgan fingerprint density at radius 1 is 1.73 bits per heavy atom. The van der Waals surface area contributed by atoms with E-state index in [0.717, 1.165) is 6.42 Å². The fourth-order valence-corrected chi connectivity index (χ4v) is 1.11. The molecule has 0 saturated heterocycles. The van der Waals surface area contributed by atoms with E-state index in [9.17, 15) is 4.79 Å².